The number of hydrogen-bond donors (Lipinski definition) is 1. The Kier molecular flexibility index (Phi) is 4.14. The molecule has 0 radical (unpaired) electrons. The van der Waals surface area contributed by atoms with Crippen molar-refractivity contribution in [1.29, 1.82) is 0 Å². The highest BCUT2D eigenvalue weighted by Crippen LogP contribution is 2.36. The lowest BCUT2D eigenvalue weighted by molar-refractivity contribution is 0.0935. The molecule has 1 aromatic carbocycles. The molecule has 6 heteroatoms. The average Bonchev–Trinajstić information content (AvgIpc) is 2.86. The number of thioether (sulfide) groups is 1. The summed E-state index contributed by atoms with van der Waals surface area (Å²) in [5, 5.41) is 4.81. The Bertz CT molecular complexity index is 658. The van der Waals surface area contributed by atoms with Crippen LogP contribution in [0.5, 0.6) is 0 Å². The Hall–Kier alpha value is -0.850. The lowest BCUT2D eigenvalue weighted by Crippen LogP contribution is -2.30. The molecule has 2 heterocycles. The smallest absolute Gasteiger partial charge is 0.252 e. The van der Waals surface area contributed by atoms with Gasteiger partial charge in [0.05, 0.1) is 15.4 Å². The van der Waals surface area contributed by atoms with Crippen molar-refractivity contribution in [2.45, 2.75) is 17.4 Å². The van der Waals surface area contributed by atoms with Crippen molar-refractivity contribution in [3.63, 3.8) is 0 Å². The maximum Gasteiger partial charge on any atom is 0.252 e. The highest BCUT2D eigenvalue weighted by Gasteiger charge is 2.23. The number of nitrogens with one attached hydrogen (secondary N) is 1. The van der Waals surface area contributed by atoms with Crippen molar-refractivity contribution in [1.82, 2.24) is 5.32 Å². The third kappa shape index (κ3) is 2.92. The molecular weight excluding hydrogens is 361 g/mol. The minimum absolute atomic E-state index is 0.112. The van der Waals surface area contributed by atoms with Crippen molar-refractivity contribution in [3.8, 4) is 0 Å². The van der Waals surface area contributed by atoms with Crippen LogP contribution in [0.15, 0.2) is 38.3 Å². The van der Waals surface area contributed by atoms with Gasteiger partial charge in [-0.05, 0) is 52.2 Å². The van der Waals surface area contributed by atoms with E-state index in [9.17, 15) is 9.18 Å². The van der Waals surface area contributed by atoms with Crippen LogP contribution in [0.25, 0.3) is 0 Å². The van der Waals surface area contributed by atoms with Gasteiger partial charge in [0.1, 0.15) is 5.82 Å². The van der Waals surface area contributed by atoms with Gasteiger partial charge in [-0.3, -0.25) is 4.79 Å². The zero-order valence-electron chi connectivity index (χ0n) is 10.4. The molecule has 0 bridgehead atoms. The van der Waals surface area contributed by atoms with Crippen LogP contribution in [0.1, 0.15) is 28.4 Å². The molecule has 2 aromatic rings. The van der Waals surface area contributed by atoms with Crippen molar-refractivity contribution in [3.05, 3.63) is 50.4 Å². The largest absolute Gasteiger partial charge is 0.345 e. The van der Waals surface area contributed by atoms with E-state index < -0.39 is 0 Å². The molecule has 0 saturated carbocycles. The summed E-state index contributed by atoms with van der Waals surface area (Å²) < 4.78 is 14.3. The first-order valence-corrected chi connectivity index (χ1v) is 8.76. The summed E-state index contributed by atoms with van der Waals surface area (Å²) in [6.45, 7) is 0. The SMILES string of the molecule is O=C(NC1CCSc2ccc(F)cc21)c1csc(Br)c1. The normalized spacial score (nSPS) is 17.6. The fourth-order valence-corrected chi connectivity index (χ4v) is 4.43. The molecule has 3 rings (SSSR count). The maximum absolute atomic E-state index is 13.4. The van der Waals surface area contributed by atoms with Gasteiger partial charge < -0.3 is 5.32 Å². The van der Waals surface area contributed by atoms with Gasteiger partial charge in [-0.1, -0.05) is 0 Å². The summed E-state index contributed by atoms with van der Waals surface area (Å²) in [5.74, 6) is 0.555. The third-order valence-electron chi connectivity index (χ3n) is 3.15. The highest BCUT2D eigenvalue weighted by molar-refractivity contribution is 9.11. The van der Waals surface area contributed by atoms with Crippen LogP contribution in [0.3, 0.4) is 0 Å². The van der Waals surface area contributed by atoms with Crippen LogP contribution < -0.4 is 5.32 Å². The fourth-order valence-electron chi connectivity index (χ4n) is 2.19. The van der Waals surface area contributed by atoms with Gasteiger partial charge in [-0.2, -0.15) is 0 Å². The lowest BCUT2D eigenvalue weighted by Gasteiger charge is -2.25. The number of hydrogen-bond acceptors (Lipinski definition) is 3. The van der Waals surface area contributed by atoms with E-state index in [0.717, 1.165) is 26.4 Å². The molecule has 2 nitrogen and oxygen atoms in total. The Labute approximate surface area is 132 Å². The van der Waals surface area contributed by atoms with E-state index in [2.05, 4.69) is 21.2 Å². The summed E-state index contributed by atoms with van der Waals surface area (Å²) in [6, 6.07) is 6.45. The summed E-state index contributed by atoms with van der Waals surface area (Å²) in [5.41, 5.74) is 1.52. The molecule has 1 unspecified atom stereocenters. The van der Waals surface area contributed by atoms with Gasteiger partial charge in [0.15, 0.2) is 0 Å². The number of thiophene rings is 1. The summed E-state index contributed by atoms with van der Waals surface area (Å²) >= 11 is 6.53. The van der Waals surface area contributed by atoms with Gasteiger partial charge in [-0.25, -0.2) is 4.39 Å². The van der Waals surface area contributed by atoms with Gasteiger partial charge in [0.25, 0.3) is 5.91 Å². The number of amides is 1. The number of benzene rings is 1. The lowest BCUT2D eigenvalue weighted by atomic mass is 10.0. The predicted molar refractivity (Wildman–Crippen MR) is 84.0 cm³/mol. The van der Waals surface area contributed by atoms with Crippen molar-refractivity contribution in [2.24, 2.45) is 0 Å². The molecule has 1 aliphatic heterocycles. The number of carbonyl (C=O) groups is 1. The Balaban J connectivity index is 1.82. The zero-order chi connectivity index (χ0) is 14.1. The summed E-state index contributed by atoms with van der Waals surface area (Å²) in [4.78, 5) is 13.2. The second kappa shape index (κ2) is 5.87. The van der Waals surface area contributed by atoms with E-state index in [0.29, 0.717) is 5.56 Å². The quantitative estimate of drug-likeness (QED) is 0.834. The molecule has 0 fully saturated rings. The topological polar surface area (TPSA) is 29.1 Å². The molecule has 20 heavy (non-hydrogen) atoms. The van der Waals surface area contributed by atoms with Crippen LogP contribution in [-0.2, 0) is 0 Å². The molecule has 1 amide bonds. The molecule has 1 aliphatic rings. The van der Waals surface area contributed by atoms with Crippen LogP contribution in [0.2, 0.25) is 0 Å². The van der Waals surface area contributed by atoms with Gasteiger partial charge in [0, 0.05) is 16.0 Å². The second-order valence-electron chi connectivity index (χ2n) is 4.48. The summed E-state index contributed by atoms with van der Waals surface area (Å²) in [6.07, 6.45) is 0.818. The number of carbonyl (C=O) groups excluding carboxylic acids is 1. The number of rotatable bonds is 2. The molecule has 1 aromatic heterocycles. The van der Waals surface area contributed by atoms with Crippen molar-refractivity contribution < 1.29 is 9.18 Å². The molecular formula is C14H11BrFNOS2. The summed E-state index contributed by atoms with van der Waals surface area (Å²) in [7, 11) is 0. The fraction of sp³-hybridized carbons (Fsp3) is 0.214. The monoisotopic (exact) mass is 371 g/mol. The third-order valence-corrected chi connectivity index (χ3v) is 5.77. The van der Waals surface area contributed by atoms with E-state index in [1.165, 1.54) is 23.5 Å². The van der Waals surface area contributed by atoms with Gasteiger partial charge in [-0.15, -0.1) is 23.1 Å². The van der Waals surface area contributed by atoms with E-state index in [-0.39, 0.29) is 17.8 Å². The van der Waals surface area contributed by atoms with E-state index in [1.54, 1.807) is 23.9 Å². The molecule has 0 aliphatic carbocycles. The Morgan fingerprint density at radius 1 is 1.40 bits per heavy atom. The van der Waals surface area contributed by atoms with Crippen molar-refractivity contribution in [2.75, 3.05) is 5.75 Å². The standard InChI is InChI=1S/C14H11BrFNOS2/c15-13-5-8(7-20-13)14(18)17-11-3-4-19-12-2-1-9(16)6-10(11)12/h1-2,5-7,11H,3-4H2,(H,17,18). The van der Waals surface area contributed by atoms with Crippen molar-refractivity contribution >= 4 is 44.9 Å². The zero-order valence-corrected chi connectivity index (χ0v) is 13.6. The average molecular weight is 372 g/mol. The molecule has 0 spiro atoms. The van der Waals surface area contributed by atoms with E-state index in [4.69, 9.17) is 0 Å². The van der Waals surface area contributed by atoms with Crippen LogP contribution in [-0.4, -0.2) is 11.7 Å². The highest BCUT2D eigenvalue weighted by atomic mass is 79.9. The van der Waals surface area contributed by atoms with Gasteiger partial charge in [0.2, 0.25) is 0 Å². The Morgan fingerprint density at radius 3 is 3.00 bits per heavy atom. The first-order chi connectivity index (χ1) is 9.63. The van der Waals surface area contributed by atoms with Crippen LogP contribution in [0.4, 0.5) is 4.39 Å². The van der Waals surface area contributed by atoms with Crippen LogP contribution >= 0.6 is 39.0 Å². The second-order valence-corrected chi connectivity index (χ2v) is 7.91. The van der Waals surface area contributed by atoms with E-state index >= 15 is 0 Å². The number of halogens is 2. The predicted octanol–water partition coefficient (Wildman–Crippen LogP) is 4.62. The van der Waals surface area contributed by atoms with E-state index in [1.807, 2.05) is 5.38 Å². The number of fused-ring (bicyclic) bond motifs is 1. The first-order valence-electron chi connectivity index (χ1n) is 6.10. The molecule has 1 atom stereocenters. The molecule has 0 saturated heterocycles. The molecule has 104 valence electrons. The van der Waals surface area contributed by atoms with Gasteiger partial charge >= 0.3 is 0 Å². The Morgan fingerprint density at radius 2 is 2.25 bits per heavy atom. The first kappa shape index (κ1) is 14.1. The maximum atomic E-state index is 13.4. The minimum Gasteiger partial charge on any atom is -0.345 e. The van der Waals surface area contributed by atoms with Crippen LogP contribution in [0, 0.1) is 5.82 Å². The molecule has 1 N–H and O–H groups in total. The minimum atomic E-state index is -0.260.